The van der Waals surface area contributed by atoms with Crippen molar-refractivity contribution in [2.75, 3.05) is 22.6 Å². The molecular weight excluding hydrogens is 547 g/mol. The molecule has 0 radical (unpaired) electrons. The molecule has 5 rings (SSSR count). The van der Waals surface area contributed by atoms with Crippen molar-refractivity contribution in [3.63, 3.8) is 0 Å². The first-order chi connectivity index (χ1) is 19.2. The second-order valence-electron chi connectivity index (χ2n) is 10.1. The van der Waals surface area contributed by atoms with Gasteiger partial charge in [0.25, 0.3) is 0 Å². The van der Waals surface area contributed by atoms with E-state index in [0.29, 0.717) is 10.6 Å². The Morgan fingerprint density at radius 1 is 0.950 bits per heavy atom. The summed E-state index contributed by atoms with van der Waals surface area (Å²) in [7, 11) is 0. The zero-order chi connectivity index (χ0) is 28.4. The van der Waals surface area contributed by atoms with Gasteiger partial charge in [0.05, 0.1) is 23.0 Å². The van der Waals surface area contributed by atoms with E-state index < -0.39 is 47.5 Å². The molecule has 1 aliphatic carbocycles. The van der Waals surface area contributed by atoms with Crippen LogP contribution < -0.4 is 20.7 Å². The van der Waals surface area contributed by atoms with Crippen molar-refractivity contribution < 1.29 is 32.6 Å². The SMILES string of the molecule is O=C(O)COc1ccc(NC(=O)C(C2CCCCC2)C2(c3ccc(Cl)cc3)Nc3cc(F)c(F)cc3N2)c(F)c1. The summed E-state index contributed by atoms with van der Waals surface area (Å²) in [6.45, 7) is -0.641. The number of carbonyl (C=O) groups is 2. The predicted octanol–water partition coefficient (Wildman–Crippen LogP) is 6.75. The summed E-state index contributed by atoms with van der Waals surface area (Å²) in [4.78, 5) is 24.9. The minimum absolute atomic E-state index is 0.00186. The Bertz CT molecular complexity index is 1400. The van der Waals surface area contributed by atoms with E-state index in [-0.39, 0.29) is 28.7 Å². The number of hydrogen-bond donors (Lipinski definition) is 4. The molecule has 1 unspecified atom stereocenters. The number of halogens is 4. The molecule has 0 aromatic heterocycles. The van der Waals surface area contributed by atoms with Crippen molar-refractivity contribution in [1.82, 2.24) is 0 Å². The van der Waals surface area contributed by atoms with Crippen molar-refractivity contribution in [2.45, 2.75) is 37.8 Å². The van der Waals surface area contributed by atoms with Crippen LogP contribution in [0, 0.1) is 29.3 Å². The highest BCUT2D eigenvalue weighted by atomic mass is 35.5. The number of amides is 1. The van der Waals surface area contributed by atoms with Crippen molar-refractivity contribution >= 4 is 40.5 Å². The zero-order valence-electron chi connectivity index (χ0n) is 21.3. The highest BCUT2D eigenvalue weighted by Gasteiger charge is 2.52. The number of carboxylic acids is 1. The summed E-state index contributed by atoms with van der Waals surface area (Å²) >= 11 is 6.16. The number of fused-ring (bicyclic) bond motifs is 1. The molecule has 4 N–H and O–H groups in total. The van der Waals surface area contributed by atoms with Crippen LogP contribution in [0.15, 0.2) is 54.6 Å². The number of ether oxygens (including phenoxy) is 1. The third-order valence-electron chi connectivity index (χ3n) is 7.45. The molecule has 0 spiro atoms. The standard InChI is InChI=1S/C29H27ClF3N3O4/c30-18-8-6-17(7-9-18)29(35-24-13-20(31)21(32)14-25(24)36-29)27(16-4-2-1-3-5-16)28(39)34-23-11-10-19(12-22(23)33)40-15-26(37)38/h6-14,16,27,35-36H,1-5,15H2,(H,34,39)(H,37,38). The maximum atomic E-state index is 15.0. The third-order valence-corrected chi connectivity index (χ3v) is 7.71. The molecule has 210 valence electrons. The fourth-order valence-electron chi connectivity index (χ4n) is 5.68. The second kappa shape index (κ2) is 11.3. The lowest BCUT2D eigenvalue weighted by Gasteiger charge is -2.43. The van der Waals surface area contributed by atoms with Crippen LogP contribution >= 0.6 is 11.6 Å². The number of carboxylic acid groups (broad SMARTS) is 1. The molecule has 0 bridgehead atoms. The summed E-state index contributed by atoms with van der Waals surface area (Å²) in [5.74, 6) is -5.61. The first kappa shape index (κ1) is 27.6. The van der Waals surface area contributed by atoms with E-state index in [0.717, 1.165) is 50.3 Å². The predicted molar refractivity (Wildman–Crippen MR) is 145 cm³/mol. The van der Waals surface area contributed by atoms with Gasteiger partial charge < -0.3 is 25.8 Å². The first-order valence-corrected chi connectivity index (χ1v) is 13.3. The van der Waals surface area contributed by atoms with Gasteiger partial charge in [-0.05, 0) is 48.6 Å². The van der Waals surface area contributed by atoms with E-state index in [1.54, 1.807) is 24.3 Å². The molecule has 3 aromatic rings. The van der Waals surface area contributed by atoms with Crippen molar-refractivity contribution in [3.05, 3.63) is 82.6 Å². The van der Waals surface area contributed by atoms with Gasteiger partial charge in [-0.1, -0.05) is 43.0 Å². The first-order valence-electron chi connectivity index (χ1n) is 12.9. The van der Waals surface area contributed by atoms with Gasteiger partial charge in [0.2, 0.25) is 5.91 Å². The number of anilines is 3. The molecule has 11 heteroatoms. The Balaban J connectivity index is 1.55. The van der Waals surface area contributed by atoms with Crippen LogP contribution in [0.4, 0.5) is 30.2 Å². The molecule has 1 fully saturated rings. The maximum Gasteiger partial charge on any atom is 0.341 e. The van der Waals surface area contributed by atoms with Gasteiger partial charge in [-0.3, -0.25) is 4.79 Å². The van der Waals surface area contributed by atoms with Gasteiger partial charge in [0, 0.05) is 23.2 Å². The average Bonchev–Trinajstić information content (AvgIpc) is 3.28. The fraction of sp³-hybridized carbons (Fsp3) is 0.310. The largest absolute Gasteiger partial charge is 0.482 e. The van der Waals surface area contributed by atoms with Crippen LogP contribution in [-0.2, 0) is 15.3 Å². The summed E-state index contributed by atoms with van der Waals surface area (Å²) in [6, 6.07) is 12.5. The lowest BCUT2D eigenvalue weighted by atomic mass is 9.71. The number of aliphatic carboxylic acids is 1. The summed E-state index contributed by atoms with van der Waals surface area (Å²) in [6.07, 6.45) is 4.25. The van der Waals surface area contributed by atoms with Crippen molar-refractivity contribution in [3.8, 4) is 5.75 Å². The number of hydrogen-bond acceptors (Lipinski definition) is 5. The van der Waals surface area contributed by atoms with Crippen LogP contribution in [0.3, 0.4) is 0 Å². The number of nitrogens with one attached hydrogen (secondary N) is 3. The molecule has 1 heterocycles. The quantitative estimate of drug-likeness (QED) is 0.238. The molecule has 40 heavy (non-hydrogen) atoms. The van der Waals surface area contributed by atoms with E-state index in [1.807, 2.05) is 0 Å². The molecule has 1 atom stereocenters. The zero-order valence-corrected chi connectivity index (χ0v) is 22.0. The Morgan fingerprint density at radius 3 is 2.15 bits per heavy atom. The molecule has 3 aromatic carbocycles. The fourth-order valence-corrected chi connectivity index (χ4v) is 5.80. The van der Waals surface area contributed by atoms with E-state index in [9.17, 15) is 18.4 Å². The third kappa shape index (κ3) is 5.54. The lowest BCUT2D eigenvalue weighted by molar-refractivity contribution is -0.139. The highest BCUT2D eigenvalue weighted by Crippen LogP contribution is 2.49. The highest BCUT2D eigenvalue weighted by molar-refractivity contribution is 6.30. The van der Waals surface area contributed by atoms with Gasteiger partial charge in [-0.2, -0.15) is 0 Å². The summed E-state index contributed by atoms with van der Waals surface area (Å²) < 4.78 is 48.5. The van der Waals surface area contributed by atoms with E-state index in [2.05, 4.69) is 16.0 Å². The molecule has 1 amide bonds. The Kier molecular flexibility index (Phi) is 7.80. The van der Waals surface area contributed by atoms with Crippen LogP contribution in [0.1, 0.15) is 37.7 Å². The van der Waals surface area contributed by atoms with Crippen LogP contribution in [-0.4, -0.2) is 23.6 Å². The Hall–Kier alpha value is -3.92. The maximum absolute atomic E-state index is 15.0. The minimum Gasteiger partial charge on any atom is -0.482 e. The molecule has 1 saturated carbocycles. The van der Waals surface area contributed by atoms with Gasteiger partial charge in [0.1, 0.15) is 17.2 Å². The smallest absolute Gasteiger partial charge is 0.341 e. The molecule has 7 nitrogen and oxygen atoms in total. The van der Waals surface area contributed by atoms with E-state index in [4.69, 9.17) is 21.4 Å². The Labute approximate surface area is 233 Å². The second-order valence-corrected chi connectivity index (χ2v) is 10.5. The lowest BCUT2D eigenvalue weighted by Crippen LogP contribution is -2.54. The number of rotatable bonds is 8. The molecular formula is C29H27ClF3N3O4. The van der Waals surface area contributed by atoms with Crippen LogP contribution in [0.5, 0.6) is 5.75 Å². The molecule has 2 aliphatic rings. The number of carbonyl (C=O) groups excluding carboxylic acids is 1. The summed E-state index contributed by atoms with van der Waals surface area (Å²) in [5, 5.41) is 18.5. The van der Waals surface area contributed by atoms with Crippen molar-refractivity contribution in [1.29, 1.82) is 0 Å². The van der Waals surface area contributed by atoms with Gasteiger partial charge in [0.15, 0.2) is 18.2 Å². The topological polar surface area (TPSA) is 99.7 Å². The van der Waals surface area contributed by atoms with Crippen LogP contribution in [0.2, 0.25) is 5.02 Å². The average molecular weight is 574 g/mol. The molecule has 0 saturated heterocycles. The summed E-state index contributed by atoms with van der Waals surface area (Å²) in [5.41, 5.74) is -0.271. The van der Waals surface area contributed by atoms with Gasteiger partial charge in [-0.15, -0.1) is 0 Å². The number of benzene rings is 3. The monoisotopic (exact) mass is 573 g/mol. The Morgan fingerprint density at radius 2 is 1.57 bits per heavy atom. The molecule has 1 aliphatic heterocycles. The van der Waals surface area contributed by atoms with Crippen LogP contribution in [0.25, 0.3) is 0 Å². The normalized spacial score (nSPS) is 16.8. The van der Waals surface area contributed by atoms with Gasteiger partial charge in [-0.25, -0.2) is 18.0 Å². The van der Waals surface area contributed by atoms with Gasteiger partial charge >= 0.3 is 5.97 Å². The minimum atomic E-state index is -1.33. The van der Waals surface area contributed by atoms with Crippen molar-refractivity contribution in [2.24, 2.45) is 11.8 Å². The van der Waals surface area contributed by atoms with E-state index in [1.165, 1.54) is 12.1 Å². The van der Waals surface area contributed by atoms with E-state index >= 15 is 4.39 Å².